The topological polar surface area (TPSA) is 56.6 Å². The van der Waals surface area contributed by atoms with Gasteiger partial charge in [-0.15, -0.1) is 0 Å². The molecule has 1 aromatic carbocycles. The molecule has 6 nitrogen and oxygen atoms in total. The predicted molar refractivity (Wildman–Crippen MR) is 89.7 cm³/mol. The lowest BCUT2D eigenvalue weighted by Crippen LogP contribution is -2.43. The lowest BCUT2D eigenvalue weighted by molar-refractivity contribution is -0.136. The van der Waals surface area contributed by atoms with Crippen LogP contribution in [0, 0.1) is 6.92 Å². The molecule has 1 aliphatic heterocycles. The number of nitrogens with zero attached hydrogens (tertiary/aromatic N) is 3. The van der Waals surface area contributed by atoms with E-state index in [1.54, 1.807) is 7.11 Å². The first-order valence-corrected chi connectivity index (χ1v) is 8.13. The van der Waals surface area contributed by atoms with Gasteiger partial charge in [0.05, 0.1) is 24.5 Å². The predicted octanol–water partition coefficient (Wildman–Crippen LogP) is 2.32. The van der Waals surface area contributed by atoms with E-state index < -0.39 is 0 Å². The first kappa shape index (κ1) is 16.5. The van der Waals surface area contributed by atoms with E-state index in [4.69, 9.17) is 9.47 Å². The van der Waals surface area contributed by atoms with Gasteiger partial charge in [0.15, 0.2) is 6.61 Å². The summed E-state index contributed by atoms with van der Waals surface area (Å²) in [5, 5.41) is 0. The molecule has 0 saturated heterocycles. The van der Waals surface area contributed by atoms with Crippen LogP contribution < -0.4 is 4.74 Å². The van der Waals surface area contributed by atoms with E-state index in [1.165, 1.54) is 0 Å². The van der Waals surface area contributed by atoms with Crippen LogP contribution in [0.15, 0.2) is 30.5 Å². The van der Waals surface area contributed by atoms with Gasteiger partial charge in [-0.25, -0.2) is 4.98 Å². The Morgan fingerprint density at radius 3 is 2.88 bits per heavy atom. The Balaban J connectivity index is 1.67. The van der Waals surface area contributed by atoms with Gasteiger partial charge in [-0.05, 0) is 25.5 Å². The van der Waals surface area contributed by atoms with E-state index >= 15 is 0 Å². The number of hydrogen-bond acceptors (Lipinski definition) is 4. The summed E-state index contributed by atoms with van der Waals surface area (Å²) in [6.07, 6.45) is 1.83. The number of ether oxygens (including phenoxy) is 2. The zero-order valence-corrected chi connectivity index (χ0v) is 14.4. The summed E-state index contributed by atoms with van der Waals surface area (Å²) >= 11 is 0. The molecule has 24 heavy (non-hydrogen) atoms. The van der Waals surface area contributed by atoms with Crippen molar-refractivity contribution in [3.63, 3.8) is 0 Å². The van der Waals surface area contributed by atoms with Crippen molar-refractivity contribution in [2.75, 3.05) is 20.3 Å². The number of imidazole rings is 1. The highest BCUT2D eigenvalue weighted by Crippen LogP contribution is 2.26. The third-order valence-electron chi connectivity index (χ3n) is 4.43. The van der Waals surface area contributed by atoms with Crippen LogP contribution >= 0.6 is 0 Å². The lowest BCUT2D eigenvalue weighted by Gasteiger charge is -2.34. The van der Waals surface area contributed by atoms with Crippen molar-refractivity contribution in [3.8, 4) is 5.75 Å². The molecule has 1 amide bonds. The van der Waals surface area contributed by atoms with Crippen LogP contribution in [-0.4, -0.2) is 40.6 Å². The van der Waals surface area contributed by atoms with E-state index in [-0.39, 0.29) is 18.6 Å². The highest BCUT2D eigenvalue weighted by atomic mass is 16.5. The maximum atomic E-state index is 12.6. The van der Waals surface area contributed by atoms with Crippen LogP contribution in [0.3, 0.4) is 0 Å². The van der Waals surface area contributed by atoms with E-state index in [9.17, 15) is 4.79 Å². The summed E-state index contributed by atoms with van der Waals surface area (Å²) in [5.74, 6) is 1.63. The van der Waals surface area contributed by atoms with Crippen molar-refractivity contribution in [2.45, 2.75) is 33.0 Å². The summed E-state index contributed by atoms with van der Waals surface area (Å²) in [6, 6.07) is 7.64. The highest BCUT2D eigenvalue weighted by Gasteiger charge is 2.30. The number of rotatable bonds is 5. The minimum absolute atomic E-state index is 0.0201. The van der Waals surface area contributed by atoms with Gasteiger partial charge in [-0.2, -0.15) is 0 Å². The van der Waals surface area contributed by atoms with Crippen molar-refractivity contribution >= 4 is 5.91 Å². The number of aromatic nitrogens is 2. The zero-order chi connectivity index (χ0) is 17.1. The molecule has 0 fully saturated rings. The van der Waals surface area contributed by atoms with Crippen LogP contribution in [0.2, 0.25) is 0 Å². The first-order chi connectivity index (χ1) is 11.6. The molecule has 3 rings (SSSR count). The minimum atomic E-state index is -0.0719. The molecule has 0 bridgehead atoms. The Kier molecular flexibility index (Phi) is 4.85. The van der Waals surface area contributed by atoms with Crippen LogP contribution in [-0.2, 0) is 22.7 Å². The summed E-state index contributed by atoms with van der Waals surface area (Å²) in [7, 11) is 1.67. The largest absolute Gasteiger partial charge is 0.484 e. The number of aryl methyl sites for hydroxylation is 1. The van der Waals surface area contributed by atoms with Gasteiger partial charge in [-0.3, -0.25) is 4.79 Å². The van der Waals surface area contributed by atoms with Gasteiger partial charge in [-0.1, -0.05) is 18.2 Å². The monoisotopic (exact) mass is 329 g/mol. The zero-order valence-electron chi connectivity index (χ0n) is 14.4. The number of carbonyl (C=O) groups is 1. The van der Waals surface area contributed by atoms with Crippen molar-refractivity contribution in [1.29, 1.82) is 0 Å². The van der Waals surface area contributed by atoms with E-state index in [0.29, 0.717) is 13.2 Å². The summed E-state index contributed by atoms with van der Waals surface area (Å²) in [4.78, 5) is 18.9. The molecule has 6 heteroatoms. The molecule has 0 spiro atoms. The normalized spacial score (nSPS) is 16.8. The summed E-state index contributed by atoms with van der Waals surface area (Å²) < 4.78 is 13.0. The molecule has 0 radical (unpaired) electrons. The van der Waals surface area contributed by atoms with Gasteiger partial charge < -0.3 is 18.9 Å². The molecule has 128 valence electrons. The van der Waals surface area contributed by atoms with Gasteiger partial charge in [0, 0.05) is 20.2 Å². The Morgan fingerprint density at radius 2 is 2.12 bits per heavy atom. The maximum absolute atomic E-state index is 12.6. The number of fused-ring (bicyclic) bond motifs is 1. The second-order valence-electron chi connectivity index (χ2n) is 6.01. The van der Waals surface area contributed by atoms with Crippen LogP contribution in [0.25, 0.3) is 0 Å². The molecular formula is C18H23N3O3. The van der Waals surface area contributed by atoms with Gasteiger partial charge in [0.25, 0.3) is 5.91 Å². The average molecular weight is 329 g/mol. The Labute approximate surface area is 142 Å². The lowest BCUT2D eigenvalue weighted by atomic mass is 10.2. The fraction of sp³-hybridized carbons (Fsp3) is 0.444. The molecule has 0 aliphatic carbocycles. The van der Waals surface area contributed by atoms with Crippen LogP contribution in [0.4, 0.5) is 0 Å². The van der Waals surface area contributed by atoms with Crippen LogP contribution in [0.5, 0.6) is 5.75 Å². The molecule has 0 N–H and O–H groups in total. The molecule has 1 aliphatic rings. The fourth-order valence-corrected chi connectivity index (χ4v) is 3.10. The second kappa shape index (κ2) is 7.05. The number of para-hydroxylation sites is 1. The molecule has 0 unspecified atom stereocenters. The molecule has 1 atom stereocenters. The second-order valence-corrected chi connectivity index (χ2v) is 6.01. The average Bonchev–Trinajstić information content (AvgIpc) is 2.98. The van der Waals surface area contributed by atoms with Crippen molar-refractivity contribution in [3.05, 3.63) is 47.5 Å². The van der Waals surface area contributed by atoms with Crippen molar-refractivity contribution in [1.82, 2.24) is 14.5 Å². The van der Waals surface area contributed by atoms with Gasteiger partial charge in [0.1, 0.15) is 11.6 Å². The van der Waals surface area contributed by atoms with E-state index in [2.05, 4.69) is 9.55 Å². The minimum Gasteiger partial charge on any atom is -0.484 e. The smallest absolute Gasteiger partial charge is 0.261 e. The van der Waals surface area contributed by atoms with Crippen molar-refractivity contribution < 1.29 is 14.3 Å². The summed E-state index contributed by atoms with van der Waals surface area (Å²) in [5.41, 5.74) is 2.07. The van der Waals surface area contributed by atoms with Crippen LogP contribution in [0.1, 0.15) is 30.0 Å². The van der Waals surface area contributed by atoms with Gasteiger partial charge >= 0.3 is 0 Å². The number of methoxy groups -OCH3 is 1. The first-order valence-electron chi connectivity index (χ1n) is 8.13. The van der Waals surface area contributed by atoms with E-state index in [0.717, 1.165) is 29.4 Å². The number of amides is 1. The van der Waals surface area contributed by atoms with E-state index in [1.807, 2.05) is 49.2 Å². The number of benzene rings is 1. The molecule has 0 saturated carbocycles. The van der Waals surface area contributed by atoms with Gasteiger partial charge in [0.2, 0.25) is 0 Å². The Hall–Kier alpha value is -2.34. The third-order valence-corrected chi connectivity index (χ3v) is 4.43. The molecule has 1 aromatic heterocycles. The third kappa shape index (κ3) is 3.14. The Morgan fingerprint density at radius 1 is 1.33 bits per heavy atom. The SMILES string of the molecule is COCc1cnc2n1CCN(C(=O)COc1ccccc1C)[C@@H]2C. The molecule has 2 aromatic rings. The number of carbonyl (C=O) groups excluding carboxylic acids is 1. The van der Waals surface area contributed by atoms with Crippen molar-refractivity contribution in [2.24, 2.45) is 0 Å². The summed E-state index contributed by atoms with van der Waals surface area (Å²) in [6.45, 7) is 5.92. The fourth-order valence-electron chi connectivity index (χ4n) is 3.10. The maximum Gasteiger partial charge on any atom is 0.261 e. The highest BCUT2D eigenvalue weighted by molar-refractivity contribution is 5.78. The Bertz CT molecular complexity index is 726. The number of hydrogen-bond donors (Lipinski definition) is 0. The molecule has 2 heterocycles. The molecular weight excluding hydrogens is 306 g/mol. The standard InChI is InChI=1S/C18H23N3O3/c1-13-6-4-5-7-16(13)24-12-17(22)20-8-9-21-15(11-23-3)10-19-18(21)14(20)2/h4-7,10,14H,8-9,11-12H2,1-3H3/t14-/m1/s1. The quantitative estimate of drug-likeness (QED) is 0.845.